The average Bonchev–Trinajstić information content (AvgIpc) is 0.888. The minimum Gasteiger partial charge on any atom is -0.494 e. The van der Waals surface area contributed by atoms with Crippen LogP contribution in [0.4, 0.5) is 14.4 Å². The molecule has 8 rings (SSSR count). The molecule has 26 heteroatoms. The van der Waals surface area contributed by atoms with E-state index in [1.165, 1.54) is 12.8 Å². The number of nitrogens with one attached hydrogen (secondary N) is 5. The van der Waals surface area contributed by atoms with Crippen molar-refractivity contribution in [1.29, 1.82) is 10.8 Å². The molecule has 2 fully saturated rings. The molecule has 6 aromatic rings. The first kappa shape index (κ1) is 83.7. The van der Waals surface area contributed by atoms with E-state index in [1.807, 2.05) is 111 Å². The normalized spacial score (nSPS) is 14.4. The number of amidine groups is 4. The second-order valence-corrected chi connectivity index (χ2v) is 28.1. The van der Waals surface area contributed by atoms with E-state index in [1.54, 1.807) is 95.3 Å². The fourth-order valence-electron chi connectivity index (χ4n) is 11.4. The first-order valence-electron chi connectivity index (χ1n) is 36.8. The second kappa shape index (κ2) is 44.4. The van der Waals surface area contributed by atoms with Crippen LogP contribution in [0.1, 0.15) is 146 Å². The summed E-state index contributed by atoms with van der Waals surface area (Å²) in [6, 6.07) is 45.6. The summed E-state index contributed by atoms with van der Waals surface area (Å²) in [7, 11) is 0. The van der Waals surface area contributed by atoms with Gasteiger partial charge in [0.1, 0.15) is 65.6 Å². The topological polar surface area (TPSA) is 361 Å². The van der Waals surface area contributed by atoms with Crippen molar-refractivity contribution in [2.24, 2.45) is 51.2 Å². The number of oxime groups is 2. The molecule has 2 aliphatic rings. The lowest BCUT2D eigenvalue weighted by atomic mass is 9.92. The predicted molar refractivity (Wildman–Crippen MR) is 411 cm³/mol. The number of nitrogens with two attached hydrogens (primary N) is 3. The molecule has 0 bridgehead atoms. The van der Waals surface area contributed by atoms with Crippen LogP contribution in [-0.4, -0.2) is 147 Å². The zero-order valence-corrected chi connectivity index (χ0v) is 62.8. The van der Waals surface area contributed by atoms with Crippen molar-refractivity contribution in [3.63, 3.8) is 0 Å². The van der Waals surface area contributed by atoms with Crippen molar-refractivity contribution in [3.05, 3.63) is 191 Å². The summed E-state index contributed by atoms with van der Waals surface area (Å²) in [6.07, 6.45) is 8.68. The van der Waals surface area contributed by atoms with Crippen molar-refractivity contribution < 1.29 is 66.8 Å². The highest BCUT2D eigenvalue weighted by Gasteiger charge is 2.29. The van der Waals surface area contributed by atoms with E-state index in [0.29, 0.717) is 66.3 Å². The van der Waals surface area contributed by atoms with Gasteiger partial charge in [0, 0.05) is 35.3 Å². The largest absolute Gasteiger partial charge is 0.494 e. The first-order valence-corrected chi connectivity index (χ1v) is 36.8. The Morgan fingerprint density at radius 3 is 1.17 bits per heavy atom. The molecule has 0 aromatic heterocycles. The molecule has 107 heavy (non-hydrogen) atoms. The predicted octanol–water partition coefficient (Wildman–Crippen LogP) is 12.4. The lowest BCUT2D eigenvalue weighted by Crippen LogP contribution is -2.46. The van der Waals surface area contributed by atoms with Crippen LogP contribution in [0.3, 0.4) is 0 Å². The fraction of sp³-hybridized carbons (Fsp3) is 0.444. The van der Waals surface area contributed by atoms with Crippen LogP contribution < -0.4 is 52.1 Å². The monoisotopic (exact) mass is 1470 g/mol. The van der Waals surface area contributed by atoms with E-state index in [2.05, 4.69) is 36.1 Å². The Morgan fingerprint density at radius 2 is 0.822 bits per heavy atom. The number of hydrogen-bond acceptors (Lipinski definition) is 21. The fourth-order valence-corrected chi connectivity index (χ4v) is 11.4. The minimum atomic E-state index is -0.956. The molecule has 0 aliphatic carbocycles. The van der Waals surface area contributed by atoms with Gasteiger partial charge < -0.3 is 75.2 Å². The van der Waals surface area contributed by atoms with Gasteiger partial charge in [0.15, 0.2) is 11.7 Å². The molecule has 6 aromatic carbocycles. The van der Waals surface area contributed by atoms with Gasteiger partial charge in [0.25, 0.3) is 0 Å². The number of alkyl carbamates (subject to hydrolysis) is 3. The molecule has 2 atom stereocenters. The van der Waals surface area contributed by atoms with Gasteiger partial charge in [-0.3, -0.25) is 21.5 Å². The number of likely N-dealkylation sites (tertiary alicyclic amines) is 2. The number of benzene rings is 6. The molecule has 0 unspecified atom stereocenters. The molecule has 576 valence electrons. The Kier molecular flexibility index (Phi) is 34.7. The molecular formula is C81H108N12O14. The standard InChI is InChI=1S/C43H58N6O8.C38H50N6O6/c1-30(2)37(46-42(52)56-43(3,4)5)40(50)57-48-39(45)34-16-20-36(21-17-34)54-28-10-24-49-25-22-31(23-26-49)13-9-27-53-35-18-14-33(15-19-35)38(44)47-41(51)55-29-32-11-7-6-8-12-32;1-27(2)34(39)37(45)50-43-36(41)31-13-17-33(18-14-31)48-25-7-21-44-22-19-28(20-23-44)10-6-24-47-32-15-11-30(12-16-32)35(40)42-38(46)49-26-29-8-4-3-5-9-29/h6-8,11-12,14-21,30-31,37H,9-10,13,22-29H2,1-5H3,(H2,45,48)(H,46,52)(H2,44,47,51);3-5,8-9,11-18,27-28,34H,6-7,10,19-26,39H2,1-2H3,(H2,41,43)(H2,40,42,46)/t37-;34-/m00/s1. The van der Waals surface area contributed by atoms with E-state index < -0.39 is 47.9 Å². The number of carbonyl (C=O) groups is 5. The Hall–Kier alpha value is -10.6. The van der Waals surface area contributed by atoms with Gasteiger partial charge >= 0.3 is 30.2 Å². The van der Waals surface area contributed by atoms with Crippen LogP contribution in [0, 0.1) is 34.5 Å². The average molecular weight is 1470 g/mol. The van der Waals surface area contributed by atoms with Gasteiger partial charge in [-0.1, -0.05) is 98.7 Å². The highest BCUT2D eigenvalue weighted by molar-refractivity contribution is 6.05. The number of nitrogens with zero attached hydrogens (tertiary/aromatic N) is 4. The summed E-state index contributed by atoms with van der Waals surface area (Å²) in [5.41, 5.74) is 21.1. The molecule has 2 aliphatic heterocycles. The SMILES string of the molecule is CC(C)[C@H](N)C(=O)O/N=C(\N)c1ccc(OCCCN2CCC(CCCOc3ccc(C(=N)NC(=O)OCc4ccccc4)cc3)CC2)cc1.CC(C)[C@H](NC(=O)OC(C)(C)C)C(=O)O/N=C(\N)c1ccc(OCCCN2CCC(CCCOc3ccc(C(=N)NC(=O)OCc4ccccc4)cc3)CC2)cc1. The van der Waals surface area contributed by atoms with Gasteiger partial charge in [0.2, 0.25) is 0 Å². The molecule has 2 saturated heterocycles. The van der Waals surface area contributed by atoms with Crippen LogP contribution in [0.5, 0.6) is 23.0 Å². The number of amides is 3. The van der Waals surface area contributed by atoms with Gasteiger partial charge in [-0.25, -0.2) is 24.0 Å². The molecule has 26 nitrogen and oxygen atoms in total. The summed E-state index contributed by atoms with van der Waals surface area (Å²) >= 11 is 0. The molecule has 0 radical (unpaired) electrons. The summed E-state index contributed by atoms with van der Waals surface area (Å²) in [5.74, 6) is 2.67. The Labute approximate surface area is 628 Å². The molecule has 2 heterocycles. The molecule has 11 N–H and O–H groups in total. The third-order valence-corrected chi connectivity index (χ3v) is 17.8. The first-order chi connectivity index (χ1) is 51.4. The lowest BCUT2D eigenvalue weighted by molar-refractivity contribution is -0.147. The van der Waals surface area contributed by atoms with Crippen molar-refractivity contribution in [1.82, 2.24) is 25.8 Å². The maximum absolute atomic E-state index is 12.6. The number of hydrogen-bond donors (Lipinski definition) is 8. The van der Waals surface area contributed by atoms with E-state index >= 15 is 0 Å². The number of piperidine rings is 2. The van der Waals surface area contributed by atoms with E-state index in [9.17, 15) is 24.0 Å². The number of rotatable bonds is 35. The third kappa shape index (κ3) is 31.6. The summed E-state index contributed by atoms with van der Waals surface area (Å²) in [6.45, 7) is 21.4. The lowest BCUT2D eigenvalue weighted by Gasteiger charge is -2.32. The Balaban J connectivity index is 0.000000301. The molecular weight excluding hydrogens is 1360 g/mol. The van der Waals surface area contributed by atoms with Crippen molar-refractivity contribution in [2.75, 3.05) is 65.7 Å². The summed E-state index contributed by atoms with van der Waals surface area (Å²) < 4.78 is 39.4. The van der Waals surface area contributed by atoms with Crippen molar-refractivity contribution in [3.8, 4) is 23.0 Å². The van der Waals surface area contributed by atoms with Gasteiger partial charge in [-0.05, 0) is 243 Å². The van der Waals surface area contributed by atoms with Gasteiger partial charge in [-0.15, -0.1) is 0 Å². The number of ether oxygens (including phenoxy) is 7. The maximum atomic E-state index is 12.6. The zero-order valence-electron chi connectivity index (χ0n) is 62.8. The van der Waals surface area contributed by atoms with E-state index in [-0.39, 0.29) is 48.4 Å². The van der Waals surface area contributed by atoms with Gasteiger partial charge in [-0.2, -0.15) is 0 Å². The second-order valence-electron chi connectivity index (χ2n) is 28.1. The van der Waals surface area contributed by atoms with Gasteiger partial charge in [0.05, 0.1) is 26.4 Å². The smallest absolute Gasteiger partial charge is 0.413 e. The minimum absolute atomic E-state index is 0.0183. The molecule has 3 amide bonds. The maximum Gasteiger partial charge on any atom is 0.413 e. The van der Waals surface area contributed by atoms with Crippen molar-refractivity contribution in [2.45, 2.75) is 144 Å². The van der Waals surface area contributed by atoms with Crippen LogP contribution in [0.25, 0.3) is 0 Å². The van der Waals surface area contributed by atoms with Crippen LogP contribution >= 0.6 is 0 Å². The molecule has 0 saturated carbocycles. The van der Waals surface area contributed by atoms with Crippen LogP contribution in [0.2, 0.25) is 0 Å². The van der Waals surface area contributed by atoms with Crippen molar-refractivity contribution >= 4 is 53.6 Å². The molecule has 0 spiro atoms. The summed E-state index contributed by atoms with van der Waals surface area (Å²) in [4.78, 5) is 75.7. The highest BCUT2D eigenvalue weighted by atomic mass is 16.7. The highest BCUT2D eigenvalue weighted by Crippen LogP contribution is 2.26. The van der Waals surface area contributed by atoms with Crippen LogP contribution in [-0.2, 0) is 46.7 Å². The summed E-state index contributed by atoms with van der Waals surface area (Å²) in [5, 5.41) is 31.3. The van der Waals surface area contributed by atoms with E-state index in [0.717, 1.165) is 119 Å². The van der Waals surface area contributed by atoms with E-state index in [4.69, 9.17) is 70.9 Å². The number of carbonyl (C=O) groups excluding carboxylic acids is 5. The van der Waals surface area contributed by atoms with Crippen LogP contribution in [0.15, 0.2) is 168 Å². The Bertz CT molecular complexity index is 3770. The Morgan fingerprint density at radius 1 is 0.477 bits per heavy atom. The third-order valence-electron chi connectivity index (χ3n) is 17.8. The quantitative estimate of drug-likeness (QED) is 0.00457. The zero-order chi connectivity index (χ0) is 76.9.